The maximum absolute atomic E-state index is 14.8. The number of hydrazine groups is 1. The summed E-state index contributed by atoms with van der Waals surface area (Å²) in [7, 11) is 1.43. The van der Waals surface area contributed by atoms with Gasteiger partial charge in [-0.2, -0.15) is 5.43 Å². The highest BCUT2D eigenvalue weighted by atomic mass is 16.6. The lowest BCUT2D eigenvalue weighted by molar-refractivity contribution is -0.189. The third-order valence-corrected chi connectivity index (χ3v) is 14.0. The van der Waals surface area contributed by atoms with Gasteiger partial charge in [-0.05, 0) is 78.1 Å². The Hall–Kier alpha value is -6.16. The van der Waals surface area contributed by atoms with Gasteiger partial charge in [0.1, 0.15) is 12.1 Å². The van der Waals surface area contributed by atoms with Crippen molar-refractivity contribution in [1.82, 2.24) is 40.0 Å². The van der Waals surface area contributed by atoms with E-state index in [4.69, 9.17) is 9.47 Å². The van der Waals surface area contributed by atoms with E-state index in [0.29, 0.717) is 32.7 Å². The highest BCUT2D eigenvalue weighted by Gasteiger charge is 2.49. The second kappa shape index (κ2) is 20.7. The Morgan fingerprint density at radius 1 is 0.986 bits per heavy atom. The average Bonchev–Trinajstić information content (AvgIpc) is 3.90. The first-order valence-corrected chi connectivity index (χ1v) is 24.4. The van der Waals surface area contributed by atoms with Gasteiger partial charge in [0.25, 0.3) is 17.7 Å². The Morgan fingerprint density at radius 3 is 2.47 bits per heavy atom. The molecule has 4 aliphatic heterocycles. The van der Waals surface area contributed by atoms with Gasteiger partial charge in [-0.25, -0.2) is 4.79 Å². The van der Waals surface area contributed by atoms with Gasteiger partial charge in [-0.3, -0.25) is 34.1 Å². The predicted molar refractivity (Wildman–Crippen MR) is 262 cm³/mol. The first kappa shape index (κ1) is 50.2. The molecule has 4 aliphatic rings. The molecule has 17 heteroatoms. The molecule has 6 heterocycles. The van der Waals surface area contributed by atoms with Crippen LogP contribution in [0.1, 0.15) is 65.0 Å². The van der Waals surface area contributed by atoms with Gasteiger partial charge >= 0.3 is 5.97 Å². The Kier molecular flexibility index (Phi) is 14.8. The van der Waals surface area contributed by atoms with Crippen LogP contribution in [0.15, 0.2) is 67.0 Å². The lowest BCUT2D eigenvalue weighted by Gasteiger charge is -2.40. The average molecular weight is 959 g/mol. The van der Waals surface area contributed by atoms with Crippen LogP contribution < -0.4 is 10.7 Å². The molecule has 4 atom stereocenters. The van der Waals surface area contributed by atoms with E-state index in [2.05, 4.69) is 62.2 Å². The molecule has 70 heavy (non-hydrogen) atoms. The summed E-state index contributed by atoms with van der Waals surface area (Å²) in [5, 5.41) is 28.7. The third kappa shape index (κ3) is 10.6. The van der Waals surface area contributed by atoms with Crippen molar-refractivity contribution in [2.75, 3.05) is 66.1 Å². The number of likely N-dealkylation sites (N-methyl/N-ethyl adjacent to an activating group) is 1. The van der Waals surface area contributed by atoms with Gasteiger partial charge in [0.2, 0.25) is 11.6 Å². The number of morpholine rings is 1. The Morgan fingerprint density at radius 2 is 1.74 bits per heavy atom. The van der Waals surface area contributed by atoms with Crippen molar-refractivity contribution in [3.63, 3.8) is 0 Å². The molecule has 372 valence electrons. The smallest absolute Gasteiger partial charge is 0.355 e. The summed E-state index contributed by atoms with van der Waals surface area (Å²) in [5.41, 5.74) is 4.56. The third-order valence-electron chi connectivity index (χ3n) is 14.0. The van der Waals surface area contributed by atoms with E-state index in [1.165, 1.54) is 16.8 Å². The molecule has 0 aliphatic carbocycles. The minimum absolute atomic E-state index is 0.00851. The van der Waals surface area contributed by atoms with E-state index < -0.39 is 64.3 Å². The molecule has 1 unspecified atom stereocenters. The van der Waals surface area contributed by atoms with Crippen LogP contribution >= 0.6 is 0 Å². The molecule has 2 aromatic carbocycles. The number of fused-ring (bicyclic) bond motifs is 6. The standard InChI is InChI=1S/C53H66N8O9/c1-7-60-43-17-16-38-30-40(43)41(46(60)39-14-9-20-54-32-39)31-51(4,5)34-70-50(66)53(68)18-11-22-61(56-53)48(64)42(29-36-12-8-13-37(38)28-36)55-47(63)45(35(2)3)57(6)49(65)52(67)19-23-59(33-52)44(62)15-10-21-58-24-26-69-27-25-58/h8-9,12-14,16-17,20,28,30,32,35,42,45,56,67-68H,7,11,18-19,21-27,29,31,33-34H2,1-6H3,(H,55,63)/t42-,45-,52?,53-/m0/s1. The van der Waals surface area contributed by atoms with Crippen molar-refractivity contribution in [1.29, 1.82) is 0 Å². The van der Waals surface area contributed by atoms with Gasteiger partial charge in [0.15, 0.2) is 5.60 Å². The molecule has 0 spiro atoms. The van der Waals surface area contributed by atoms with Crippen LogP contribution in [0.3, 0.4) is 0 Å². The molecule has 0 saturated carbocycles. The number of likely N-dealkylation sites (tertiary alicyclic amines) is 1. The second-order valence-electron chi connectivity index (χ2n) is 20.3. The van der Waals surface area contributed by atoms with Gasteiger partial charge < -0.3 is 39.4 Å². The van der Waals surface area contributed by atoms with E-state index in [1.54, 1.807) is 20.0 Å². The predicted octanol–water partition coefficient (Wildman–Crippen LogP) is 3.14. The summed E-state index contributed by atoms with van der Waals surface area (Å²) >= 11 is 0. The summed E-state index contributed by atoms with van der Waals surface area (Å²) in [6.07, 6.45) is 4.30. The maximum Gasteiger partial charge on any atom is 0.355 e. The summed E-state index contributed by atoms with van der Waals surface area (Å²) < 4.78 is 13.6. The monoisotopic (exact) mass is 958 g/mol. The molecule has 17 nitrogen and oxygen atoms in total. The number of cyclic esters (lactones) is 1. The van der Waals surface area contributed by atoms with E-state index in [-0.39, 0.29) is 51.9 Å². The highest BCUT2D eigenvalue weighted by Crippen LogP contribution is 2.40. The van der Waals surface area contributed by atoms with Crippen LogP contribution in [-0.2, 0) is 52.8 Å². The fraction of sp³-hybridized carbons (Fsp3) is 0.509. The van der Waals surface area contributed by atoms with E-state index in [0.717, 1.165) is 62.5 Å². The molecule has 4 amide bonds. The number of esters is 1. The van der Waals surface area contributed by atoms with Crippen LogP contribution in [0.4, 0.5) is 0 Å². The number of carbonyl (C=O) groups is 5. The number of nitrogens with one attached hydrogen (secondary N) is 2. The fourth-order valence-corrected chi connectivity index (χ4v) is 10.3. The van der Waals surface area contributed by atoms with E-state index in [9.17, 15) is 34.2 Å². The first-order chi connectivity index (χ1) is 33.4. The normalized spacial score (nSPS) is 23.5. The number of amides is 4. The lowest BCUT2D eigenvalue weighted by Crippen LogP contribution is -2.67. The number of pyridine rings is 1. The number of carbonyl (C=O) groups excluding carboxylic acids is 5. The quantitative estimate of drug-likeness (QED) is 0.149. The molecule has 3 fully saturated rings. The number of hydrogen-bond donors (Lipinski definition) is 4. The van der Waals surface area contributed by atoms with E-state index in [1.807, 2.05) is 56.4 Å². The number of rotatable bonds is 8. The Bertz CT molecular complexity index is 2690. The van der Waals surface area contributed by atoms with Gasteiger partial charge in [0.05, 0.1) is 38.6 Å². The number of aliphatic hydroxyl groups is 2. The van der Waals surface area contributed by atoms with Gasteiger partial charge in [-0.15, -0.1) is 0 Å². The largest absolute Gasteiger partial charge is 0.462 e. The summed E-state index contributed by atoms with van der Waals surface area (Å²) in [6.45, 7) is 13.3. The van der Waals surface area contributed by atoms with Crippen LogP contribution in [0.25, 0.3) is 33.3 Å². The molecule has 4 N–H and O–H groups in total. The number of ether oxygens (including phenoxy) is 2. The first-order valence-electron chi connectivity index (χ1n) is 24.4. The van der Waals surface area contributed by atoms with Crippen molar-refractivity contribution < 1.29 is 43.7 Å². The van der Waals surface area contributed by atoms with Gasteiger partial charge in [-0.1, -0.05) is 63.9 Å². The van der Waals surface area contributed by atoms with Crippen LogP contribution in [0, 0.1) is 23.2 Å². The van der Waals surface area contributed by atoms with Crippen molar-refractivity contribution >= 4 is 40.5 Å². The molecule has 2 aromatic heterocycles. The number of hydrogen-bond acceptors (Lipinski definition) is 12. The molecule has 3 saturated heterocycles. The van der Waals surface area contributed by atoms with Crippen LogP contribution in [-0.4, -0.2) is 159 Å². The van der Waals surface area contributed by atoms with Gasteiger partial charge in [0, 0.05) is 93.3 Å². The molecule has 4 aromatic rings. The molecular weight excluding hydrogens is 893 g/mol. The number of nitrogens with zero attached hydrogens (tertiary/aromatic N) is 6. The topological polar surface area (TPSA) is 199 Å². The number of aromatic nitrogens is 2. The van der Waals surface area contributed by atoms with Crippen LogP contribution in [0.2, 0.25) is 0 Å². The highest BCUT2D eigenvalue weighted by molar-refractivity contribution is 5.98. The molecule has 0 radical (unpaired) electrons. The fourth-order valence-electron chi connectivity index (χ4n) is 10.3. The second-order valence-corrected chi connectivity index (χ2v) is 20.3. The number of β-amino-alcohol motifs (C(OH)–C–C–N with tert-alkyl or cyclic N) is 1. The minimum Gasteiger partial charge on any atom is -0.462 e. The SMILES string of the molecule is CCn1c(-c2cccnc2)c2c3cc(ccc31)-c1cccc(c1)C[C@H](NC(=O)[C@H](C(C)C)N(C)C(=O)C1(O)CCN(C(=O)C#CCN3CCOCC3)C1)C(=O)N1CCC[C@@](O)(N1)C(=O)OCC(C)(C)C2. The zero-order chi connectivity index (χ0) is 50.0. The maximum atomic E-state index is 14.8. The Labute approximate surface area is 409 Å². The van der Waals surface area contributed by atoms with Crippen molar-refractivity contribution in [2.24, 2.45) is 11.3 Å². The van der Waals surface area contributed by atoms with E-state index >= 15 is 0 Å². The number of benzene rings is 2. The van der Waals surface area contributed by atoms with Crippen molar-refractivity contribution in [3.8, 4) is 34.2 Å². The number of aryl methyl sites for hydroxylation is 1. The molecular formula is C53H66N8O9. The zero-order valence-corrected chi connectivity index (χ0v) is 41.1. The van der Waals surface area contributed by atoms with Crippen molar-refractivity contribution in [2.45, 2.75) is 96.7 Å². The molecule has 6 bridgehead atoms. The Balaban J connectivity index is 1.10. The van der Waals surface area contributed by atoms with Crippen LogP contribution in [0.5, 0.6) is 0 Å². The minimum atomic E-state index is -2.24. The summed E-state index contributed by atoms with van der Waals surface area (Å²) in [6, 6.07) is 15.7. The lowest BCUT2D eigenvalue weighted by atomic mass is 9.84. The summed E-state index contributed by atoms with van der Waals surface area (Å²) in [4.78, 5) is 79.7. The summed E-state index contributed by atoms with van der Waals surface area (Å²) in [5.74, 6) is 1.62. The van der Waals surface area contributed by atoms with Crippen molar-refractivity contribution in [3.05, 3.63) is 78.1 Å². The zero-order valence-electron chi connectivity index (χ0n) is 41.1. The molecule has 8 rings (SSSR count).